The van der Waals surface area contributed by atoms with E-state index in [0.717, 1.165) is 11.1 Å². The lowest BCUT2D eigenvalue weighted by atomic mass is 9.72. The molecule has 1 heterocycles. The molecule has 1 fully saturated rings. The molecule has 3 rings (SSSR count). The van der Waals surface area contributed by atoms with Crippen LogP contribution < -0.4 is 0 Å². The standard InChI is InChI=1S/C16H15NO/c1-17-12-15(18)16(17,13-8-4-2-5-9-13)14-10-6-3-7-11-14/h2-11H,12H2,1H3. The average Bonchev–Trinajstić information content (AvgIpc) is 2.41. The first-order valence-electron chi connectivity index (χ1n) is 6.12. The molecule has 0 amide bonds. The molecule has 1 aliphatic heterocycles. The van der Waals surface area contributed by atoms with Crippen LogP contribution in [0.3, 0.4) is 0 Å². The molecule has 2 heteroatoms. The molecule has 0 unspecified atom stereocenters. The molecule has 2 nitrogen and oxygen atoms in total. The maximum atomic E-state index is 12.3. The third kappa shape index (κ3) is 1.36. The van der Waals surface area contributed by atoms with Crippen molar-refractivity contribution >= 4 is 5.78 Å². The quantitative estimate of drug-likeness (QED) is 0.799. The summed E-state index contributed by atoms with van der Waals surface area (Å²) in [5.41, 5.74) is 1.52. The van der Waals surface area contributed by atoms with Gasteiger partial charge in [0.15, 0.2) is 5.78 Å². The Hall–Kier alpha value is -1.93. The summed E-state index contributed by atoms with van der Waals surface area (Å²) in [6, 6.07) is 20.0. The van der Waals surface area contributed by atoms with Gasteiger partial charge in [0.05, 0.1) is 6.54 Å². The summed E-state index contributed by atoms with van der Waals surface area (Å²) >= 11 is 0. The number of nitrogens with zero attached hydrogens (tertiary/aromatic N) is 1. The van der Waals surface area contributed by atoms with Gasteiger partial charge in [0.1, 0.15) is 5.54 Å². The monoisotopic (exact) mass is 237 g/mol. The summed E-state index contributed by atoms with van der Waals surface area (Å²) in [6.07, 6.45) is 0. The molecular weight excluding hydrogens is 222 g/mol. The minimum atomic E-state index is -0.581. The average molecular weight is 237 g/mol. The van der Waals surface area contributed by atoms with Crippen molar-refractivity contribution in [2.75, 3.05) is 13.6 Å². The van der Waals surface area contributed by atoms with E-state index in [2.05, 4.69) is 4.90 Å². The van der Waals surface area contributed by atoms with E-state index in [4.69, 9.17) is 0 Å². The van der Waals surface area contributed by atoms with Crippen molar-refractivity contribution in [1.29, 1.82) is 0 Å². The maximum absolute atomic E-state index is 12.3. The Bertz CT molecular complexity index is 523. The zero-order valence-electron chi connectivity index (χ0n) is 10.3. The Labute approximate surface area is 107 Å². The number of hydrogen-bond donors (Lipinski definition) is 0. The van der Waals surface area contributed by atoms with Gasteiger partial charge in [0, 0.05) is 0 Å². The number of likely N-dealkylation sites (N-methyl/N-ethyl adjacent to an activating group) is 1. The van der Waals surface area contributed by atoms with Gasteiger partial charge in [-0.2, -0.15) is 0 Å². The molecule has 0 aliphatic carbocycles. The Morgan fingerprint density at radius 3 is 1.67 bits per heavy atom. The first kappa shape index (κ1) is 11.2. The third-order valence-electron chi connectivity index (χ3n) is 3.74. The molecule has 1 saturated heterocycles. The Morgan fingerprint density at radius 1 is 0.889 bits per heavy atom. The van der Waals surface area contributed by atoms with Gasteiger partial charge < -0.3 is 0 Å². The highest BCUT2D eigenvalue weighted by Crippen LogP contribution is 2.42. The second-order valence-corrected chi connectivity index (χ2v) is 4.72. The second kappa shape index (κ2) is 4.07. The van der Waals surface area contributed by atoms with Crippen molar-refractivity contribution in [3.63, 3.8) is 0 Å². The summed E-state index contributed by atoms with van der Waals surface area (Å²) in [6.45, 7) is 0.518. The molecule has 0 spiro atoms. The van der Waals surface area contributed by atoms with Crippen molar-refractivity contribution in [2.24, 2.45) is 0 Å². The predicted octanol–water partition coefficient (Wildman–Crippen LogP) is 2.44. The van der Waals surface area contributed by atoms with Crippen molar-refractivity contribution in [3.8, 4) is 0 Å². The topological polar surface area (TPSA) is 20.3 Å². The zero-order chi connectivity index (χ0) is 12.6. The molecule has 1 aliphatic rings. The summed E-state index contributed by atoms with van der Waals surface area (Å²) in [4.78, 5) is 14.4. The molecule has 0 radical (unpaired) electrons. The van der Waals surface area contributed by atoms with E-state index in [9.17, 15) is 4.79 Å². The highest BCUT2D eigenvalue weighted by Gasteiger charge is 2.53. The summed E-state index contributed by atoms with van der Waals surface area (Å²) in [5, 5.41) is 0. The number of likely N-dealkylation sites (tertiary alicyclic amines) is 1. The second-order valence-electron chi connectivity index (χ2n) is 4.72. The van der Waals surface area contributed by atoms with Crippen LogP contribution >= 0.6 is 0 Å². The number of benzene rings is 2. The summed E-state index contributed by atoms with van der Waals surface area (Å²) < 4.78 is 0. The Balaban J connectivity index is 2.21. The lowest BCUT2D eigenvalue weighted by Crippen LogP contribution is -2.64. The van der Waals surface area contributed by atoms with Crippen molar-refractivity contribution in [2.45, 2.75) is 5.54 Å². The van der Waals surface area contributed by atoms with E-state index in [0.29, 0.717) is 6.54 Å². The van der Waals surface area contributed by atoms with Crippen LogP contribution in [-0.4, -0.2) is 24.3 Å². The largest absolute Gasteiger partial charge is 0.295 e. The molecule has 90 valence electrons. The Kier molecular flexibility index (Phi) is 2.53. The SMILES string of the molecule is CN1CC(=O)C1(c1ccccc1)c1ccccc1. The van der Waals surface area contributed by atoms with Gasteiger partial charge in [-0.3, -0.25) is 9.69 Å². The highest BCUT2D eigenvalue weighted by molar-refractivity contribution is 6.00. The fourth-order valence-electron chi connectivity index (χ4n) is 2.86. The van der Waals surface area contributed by atoms with Crippen LogP contribution in [0.4, 0.5) is 0 Å². The van der Waals surface area contributed by atoms with Crippen LogP contribution in [-0.2, 0) is 10.3 Å². The number of carbonyl (C=O) groups is 1. The van der Waals surface area contributed by atoms with Crippen LogP contribution in [0.5, 0.6) is 0 Å². The van der Waals surface area contributed by atoms with Crippen molar-refractivity contribution < 1.29 is 4.79 Å². The molecule has 0 bridgehead atoms. The van der Waals surface area contributed by atoms with E-state index in [-0.39, 0.29) is 5.78 Å². The van der Waals surface area contributed by atoms with Crippen molar-refractivity contribution in [1.82, 2.24) is 4.90 Å². The summed E-state index contributed by atoms with van der Waals surface area (Å²) in [7, 11) is 2.00. The van der Waals surface area contributed by atoms with Crippen LogP contribution in [0, 0.1) is 0 Å². The van der Waals surface area contributed by atoms with E-state index in [1.54, 1.807) is 0 Å². The molecule has 0 N–H and O–H groups in total. The Morgan fingerprint density at radius 2 is 1.33 bits per heavy atom. The normalized spacial score (nSPS) is 18.4. The van der Waals surface area contributed by atoms with Crippen molar-refractivity contribution in [3.05, 3.63) is 71.8 Å². The van der Waals surface area contributed by atoms with Gasteiger partial charge in [-0.15, -0.1) is 0 Å². The van der Waals surface area contributed by atoms with Crippen LogP contribution in [0.2, 0.25) is 0 Å². The van der Waals surface area contributed by atoms with Gasteiger partial charge in [0.25, 0.3) is 0 Å². The number of hydrogen-bond acceptors (Lipinski definition) is 2. The fraction of sp³-hybridized carbons (Fsp3) is 0.188. The van der Waals surface area contributed by atoms with Crippen LogP contribution in [0.25, 0.3) is 0 Å². The number of carbonyl (C=O) groups excluding carboxylic acids is 1. The molecule has 0 atom stereocenters. The van der Waals surface area contributed by atoms with E-state index >= 15 is 0 Å². The molecule has 0 saturated carbocycles. The van der Waals surface area contributed by atoms with E-state index < -0.39 is 5.54 Å². The number of ketones is 1. The van der Waals surface area contributed by atoms with Gasteiger partial charge >= 0.3 is 0 Å². The van der Waals surface area contributed by atoms with Gasteiger partial charge in [-0.05, 0) is 18.2 Å². The van der Waals surface area contributed by atoms with Gasteiger partial charge in [-0.1, -0.05) is 60.7 Å². The van der Waals surface area contributed by atoms with E-state index in [1.807, 2.05) is 67.7 Å². The highest BCUT2D eigenvalue weighted by atomic mass is 16.1. The van der Waals surface area contributed by atoms with Crippen LogP contribution in [0.15, 0.2) is 60.7 Å². The minimum Gasteiger partial charge on any atom is -0.295 e. The van der Waals surface area contributed by atoms with E-state index in [1.165, 1.54) is 0 Å². The first-order chi connectivity index (χ1) is 8.76. The molecular formula is C16H15NO. The molecule has 2 aromatic carbocycles. The van der Waals surface area contributed by atoms with Gasteiger partial charge in [-0.25, -0.2) is 0 Å². The smallest absolute Gasteiger partial charge is 0.176 e. The van der Waals surface area contributed by atoms with Crippen LogP contribution in [0.1, 0.15) is 11.1 Å². The summed E-state index contributed by atoms with van der Waals surface area (Å²) in [5.74, 6) is 0.266. The lowest BCUT2D eigenvalue weighted by Gasteiger charge is -2.49. The molecule has 2 aromatic rings. The predicted molar refractivity (Wildman–Crippen MR) is 71.3 cm³/mol. The third-order valence-corrected chi connectivity index (χ3v) is 3.74. The maximum Gasteiger partial charge on any atom is 0.176 e. The molecule has 18 heavy (non-hydrogen) atoms. The minimum absolute atomic E-state index is 0.266. The first-order valence-corrected chi connectivity index (χ1v) is 6.12. The number of Topliss-reactive ketones (excluding diaryl/α,β-unsaturated/α-hetero) is 1. The fourth-order valence-corrected chi connectivity index (χ4v) is 2.86. The molecule has 0 aromatic heterocycles. The van der Waals surface area contributed by atoms with Gasteiger partial charge in [0.2, 0.25) is 0 Å². The lowest BCUT2D eigenvalue weighted by molar-refractivity contribution is -0.142. The number of rotatable bonds is 2. The zero-order valence-corrected chi connectivity index (χ0v) is 10.3.